The molecule has 9 rings (SSSR count). The highest BCUT2D eigenvalue weighted by Crippen LogP contribution is 2.40. The second-order valence-electron chi connectivity index (χ2n) is 24.6. The molecule has 3 aromatic heterocycles. The number of benzene rings is 2. The highest BCUT2D eigenvalue weighted by Gasteiger charge is 2.41. The summed E-state index contributed by atoms with van der Waals surface area (Å²) in [6.45, 7) is 20.0. The molecule has 2 saturated heterocycles. The van der Waals surface area contributed by atoms with Crippen molar-refractivity contribution in [2.75, 3.05) is 96.5 Å². The van der Waals surface area contributed by atoms with Crippen molar-refractivity contribution in [1.29, 1.82) is 0 Å². The van der Waals surface area contributed by atoms with E-state index in [0.717, 1.165) is 118 Å². The van der Waals surface area contributed by atoms with Crippen molar-refractivity contribution in [2.24, 2.45) is 28.1 Å². The van der Waals surface area contributed by atoms with Crippen LogP contribution >= 0.6 is 0 Å². The van der Waals surface area contributed by atoms with Crippen molar-refractivity contribution in [3.8, 4) is 23.0 Å². The predicted molar refractivity (Wildman–Crippen MR) is 337 cm³/mol. The Morgan fingerprint density at radius 1 is 0.686 bits per heavy atom. The fraction of sp³-hybridized carbons (Fsp3) is 0.597. The first-order valence-electron chi connectivity index (χ1n) is 29.3. The number of piperidine rings is 2. The van der Waals surface area contributed by atoms with Crippen LogP contribution in [0.4, 0.5) is 21.9 Å². The van der Waals surface area contributed by atoms with Crippen LogP contribution in [-0.2, 0) is 29.9 Å². The Morgan fingerprint density at radius 2 is 1.13 bits per heavy atom. The zero-order valence-electron chi connectivity index (χ0n) is 52.1. The van der Waals surface area contributed by atoms with E-state index < -0.39 is 43.8 Å². The van der Waals surface area contributed by atoms with Gasteiger partial charge >= 0.3 is 26.5 Å². The van der Waals surface area contributed by atoms with E-state index in [1.165, 1.54) is 54.6 Å². The number of hydrogen-bond acceptors (Lipinski definition) is 18. The third-order valence-corrected chi connectivity index (χ3v) is 18.3. The third kappa shape index (κ3) is 18.9. The fourth-order valence-corrected chi connectivity index (χ4v) is 12.8. The van der Waals surface area contributed by atoms with Crippen LogP contribution in [0.2, 0.25) is 0 Å². The molecule has 2 atom stereocenters. The number of ether oxygens (including phenoxy) is 6. The smallest absolute Gasteiger partial charge is 0.493 e. The highest BCUT2D eigenvalue weighted by molar-refractivity contribution is 7.87. The molecule has 2 saturated carbocycles. The number of carbonyl (C=O) groups excluding carboxylic acids is 1. The topological polar surface area (TPSA) is 243 Å². The summed E-state index contributed by atoms with van der Waals surface area (Å²) in [6, 6.07) is 16.0. The van der Waals surface area contributed by atoms with E-state index in [4.69, 9.17) is 28.4 Å². The molecule has 1 amide bonds. The number of hydrogen-bond donors (Lipinski definition) is 2. The van der Waals surface area contributed by atoms with Crippen LogP contribution in [0.3, 0.4) is 0 Å². The quantitative estimate of drug-likeness (QED) is 0.0447. The van der Waals surface area contributed by atoms with Crippen molar-refractivity contribution in [2.45, 2.75) is 137 Å². The summed E-state index contributed by atoms with van der Waals surface area (Å²) < 4.78 is 89.3. The summed E-state index contributed by atoms with van der Waals surface area (Å²) in [5.41, 5.74) is 3.41. The molecule has 2 aliphatic carbocycles. The van der Waals surface area contributed by atoms with E-state index in [1.54, 1.807) is 82.1 Å². The minimum absolute atomic E-state index is 0. The predicted octanol–water partition coefficient (Wildman–Crippen LogP) is 8.50. The molecule has 0 bridgehead atoms. The minimum atomic E-state index is -4.13. The molecule has 2 N–H and O–H groups in total. The van der Waals surface area contributed by atoms with E-state index in [1.807, 2.05) is 55.7 Å². The molecule has 476 valence electrons. The van der Waals surface area contributed by atoms with Crippen molar-refractivity contribution in [1.82, 2.24) is 24.3 Å². The van der Waals surface area contributed by atoms with E-state index in [2.05, 4.69) is 60.2 Å². The average molecular weight is 1240 g/mol. The number of methoxy groups -OCH3 is 4. The molecule has 4 aliphatic rings. The maximum absolute atomic E-state index is 13.1. The van der Waals surface area contributed by atoms with Gasteiger partial charge in [0.15, 0.2) is 41.5 Å². The Bertz CT molecular complexity index is 3300. The summed E-state index contributed by atoms with van der Waals surface area (Å²) >= 11 is 0. The van der Waals surface area contributed by atoms with E-state index in [0.29, 0.717) is 24.0 Å². The van der Waals surface area contributed by atoms with Gasteiger partial charge in [-0.15, -0.1) is 8.42 Å². The highest BCUT2D eigenvalue weighted by atomic mass is 32.2. The molecule has 86 heavy (non-hydrogen) atoms. The molecule has 2 unspecified atom stereocenters. The number of carbonyl (C=O) groups is 1. The van der Waals surface area contributed by atoms with Gasteiger partial charge < -0.3 is 53.5 Å². The molecule has 22 nitrogen and oxygen atoms in total. The standard InChI is InChI=1S/C27H40N4O6S.C22H31N3O2.C12H19N3O4S.CH4/c1-18(17-31(20-7-8-20)38(33,34)29-26(32)37-27(2,3)4)19-10-13-30(14-11-19)23-9-12-28-22-16-25(36-6)24(35-5)15-21(22)23;1-15(14-24-17-4-5-17)16-7-10-25(11-8-16)20-6-9-23-19-13-22(27-3)21(26-2)12-18(19)20;1-12(2,3)19-11(16)13-20(17,18)15-8-6-10(7-9-15)14(4)5;/h9,12,15-16,18-20H,7-8,10-11,13-14,17H2,1-6H3,(H,29,32);6,9,12-13,15-17,24H,4-5,7-8,10-11,14H2,1-3H3;6-9H,1-5H3;1H4. The molecule has 5 aromatic rings. The fourth-order valence-electron chi connectivity index (χ4n) is 10.7. The van der Waals surface area contributed by atoms with Gasteiger partial charge in [-0.3, -0.25) is 9.97 Å². The molecule has 24 heteroatoms. The van der Waals surface area contributed by atoms with Gasteiger partial charge in [0.05, 0.1) is 39.5 Å². The maximum atomic E-state index is 13.1. The SMILES string of the molecule is C.CN(C)c1cc[n+](S(=O)(=O)N=C([O-])OC(C)(C)C)cc1.COc1cc2nccc(N3CCC(C(C)CN(C4CC4)S(=O)(=O)NC(=O)OC(C)(C)C)CC3)c2cc1OC.COc1cc2nccc(N3CCC(C(C)CNC4CC4)CC3)c2cc1OC. The minimum Gasteiger partial charge on any atom is -0.594 e. The number of rotatable bonds is 19. The lowest BCUT2D eigenvalue weighted by Crippen LogP contribution is -2.48. The summed E-state index contributed by atoms with van der Waals surface area (Å²) in [5.74, 6) is 4.88. The Morgan fingerprint density at radius 3 is 1.53 bits per heavy atom. The second-order valence-corrected chi connectivity index (χ2v) is 27.8. The summed E-state index contributed by atoms with van der Waals surface area (Å²) in [4.78, 5) is 27.9. The average Bonchev–Trinajstić information content (AvgIpc) is 1.70. The maximum Gasteiger partial charge on any atom is 0.493 e. The van der Waals surface area contributed by atoms with Gasteiger partial charge in [-0.05, 0) is 127 Å². The molecule has 5 heterocycles. The summed E-state index contributed by atoms with van der Waals surface area (Å²) in [5, 5.41) is 17.3. The van der Waals surface area contributed by atoms with Crippen molar-refractivity contribution >= 4 is 71.5 Å². The number of pyridine rings is 3. The molecule has 0 spiro atoms. The molecule has 2 aliphatic heterocycles. The van der Waals surface area contributed by atoms with Gasteiger partial charge in [0.1, 0.15) is 5.60 Å². The van der Waals surface area contributed by atoms with E-state index in [9.17, 15) is 26.7 Å². The van der Waals surface area contributed by atoms with E-state index >= 15 is 0 Å². The van der Waals surface area contributed by atoms with Gasteiger partial charge in [-0.2, -0.15) is 12.7 Å². The zero-order chi connectivity index (χ0) is 62.0. The number of anilines is 3. The largest absolute Gasteiger partial charge is 0.594 e. The molecular weight excluding hydrogens is 1140 g/mol. The van der Waals surface area contributed by atoms with Gasteiger partial charge in [0, 0.05) is 129 Å². The number of aromatic nitrogens is 3. The van der Waals surface area contributed by atoms with Crippen molar-refractivity contribution in [3.05, 3.63) is 73.3 Å². The van der Waals surface area contributed by atoms with Gasteiger partial charge in [0.25, 0.3) is 0 Å². The summed E-state index contributed by atoms with van der Waals surface area (Å²) in [6.07, 6.45) is 13.0. The van der Waals surface area contributed by atoms with Gasteiger partial charge in [-0.25, -0.2) is 9.52 Å². The first kappa shape index (κ1) is 68.5. The van der Waals surface area contributed by atoms with Crippen LogP contribution in [0.1, 0.15) is 114 Å². The van der Waals surface area contributed by atoms with Crippen molar-refractivity contribution in [3.63, 3.8) is 0 Å². The van der Waals surface area contributed by atoms with Gasteiger partial charge in [0.2, 0.25) is 0 Å². The third-order valence-electron chi connectivity index (χ3n) is 15.6. The number of fused-ring (bicyclic) bond motifs is 2. The van der Waals surface area contributed by atoms with Crippen LogP contribution in [0.5, 0.6) is 23.0 Å². The molecule has 2 aromatic carbocycles. The molecule has 4 fully saturated rings. The lowest BCUT2D eigenvalue weighted by atomic mass is 9.85. The van der Waals surface area contributed by atoms with Crippen LogP contribution < -0.4 is 52.8 Å². The number of nitrogens with one attached hydrogen (secondary N) is 2. The second kappa shape index (κ2) is 29.4. The molecular formula is C62H94N10O12S2. The summed E-state index contributed by atoms with van der Waals surface area (Å²) in [7, 11) is 2.14. The lowest BCUT2D eigenvalue weighted by molar-refractivity contribution is -0.511. The van der Waals surface area contributed by atoms with E-state index in [-0.39, 0.29) is 19.4 Å². The van der Waals surface area contributed by atoms with Crippen LogP contribution in [0.15, 0.2) is 77.7 Å². The normalized spacial score (nSPS) is 17.0. The first-order valence-corrected chi connectivity index (χ1v) is 32.1. The Hall–Kier alpha value is -6.63. The van der Waals surface area contributed by atoms with Gasteiger partial charge in [-0.1, -0.05) is 50.4 Å². The first-order chi connectivity index (χ1) is 40.1. The number of nitrogens with zero attached hydrogens (tertiary/aromatic N) is 8. The zero-order valence-corrected chi connectivity index (χ0v) is 53.7. The van der Waals surface area contributed by atoms with Crippen LogP contribution in [-0.4, -0.2) is 148 Å². The van der Waals surface area contributed by atoms with Crippen LogP contribution in [0.25, 0.3) is 21.8 Å². The Labute approximate surface area is 510 Å². The monoisotopic (exact) mass is 1230 g/mol. The van der Waals surface area contributed by atoms with Crippen molar-refractivity contribution < 1.29 is 59.1 Å². The Balaban J connectivity index is 0.000000217. The lowest BCUT2D eigenvalue weighted by Gasteiger charge is -2.38. The Kier molecular flexibility index (Phi) is 23.4. The van der Waals surface area contributed by atoms with Crippen LogP contribution in [0, 0.1) is 23.7 Å². The number of amides is 1. The molecule has 0 radical (unpaired) electrons.